The standard InChI is InChI=1S/C15H16N4O/c1-2-10-4-3-5-12(6-10)20-9-14-18-13-7-11(16)8-17-15(13)19-14/h3-8H,2,9,16H2,1H3,(H,17,18,19). The molecule has 0 saturated heterocycles. The van der Waals surface area contributed by atoms with Crippen LogP contribution in [0.1, 0.15) is 18.3 Å². The fraction of sp³-hybridized carbons (Fsp3) is 0.200. The summed E-state index contributed by atoms with van der Waals surface area (Å²) in [5.41, 5.74) is 9.03. The molecule has 0 atom stereocenters. The van der Waals surface area contributed by atoms with Crippen LogP contribution >= 0.6 is 0 Å². The Kier molecular flexibility index (Phi) is 3.25. The molecule has 0 bridgehead atoms. The van der Waals surface area contributed by atoms with E-state index in [1.54, 1.807) is 6.20 Å². The highest BCUT2D eigenvalue weighted by Crippen LogP contribution is 2.16. The summed E-state index contributed by atoms with van der Waals surface area (Å²) < 4.78 is 5.74. The Morgan fingerprint density at radius 2 is 2.20 bits per heavy atom. The average Bonchev–Trinajstić information content (AvgIpc) is 2.87. The number of aryl methyl sites for hydroxylation is 1. The van der Waals surface area contributed by atoms with Crippen molar-refractivity contribution in [3.63, 3.8) is 0 Å². The first-order valence-electron chi connectivity index (χ1n) is 6.56. The normalized spacial score (nSPS) is 10.8. The summed E-state index contributed by atoms with van der Waals surface area (Å²) in [7, 11) is 0. The summed E-state index contributed by atoms with van der Waals surface area (Å²) in [6, 6.07) is 9.88. The molecule has 0 saturated carbocycles. The number of imidazole rings is 1. The number of nitrogens with zero attached hydrogens (tertiary/aromatic N) is 2. The molecular formula is C15H16N4O. The summed E-state index contributed by atoms with van der Waals surface area (Å²) >= 11 is 0. The van der Waals surface area contributed by atoms with E-state index in [1.165, 1.54) is 5.56 Å². The van der Waals surface area contributed by atoms with E-state index in [9.17, 15) is 0 Å². The number of hydrogen-bond donors (Lipinski definition) is 2. The number of nitrogen functional groups attached to an aromatic ring is 1. The van der Waals surface area contributed by atoms with Crippen molar-refractivity contribution in [2.45, 2.75) is 20.0 Å². The molecule has 0 fully saturated rings. The van der Waals surface area contributed by atoms with E-state index in [0.29, 0.717) is 17.9 Å². The minimum absolute atomic E-state index is 0.378. The molecular weight excluding hydrogens is 252 g/mol. The van der Waals surface area contributed by atoms with E-state index in [-0.39, 0.29) is 0 Å². The van der Waals surface area contributed by atoms with Crippen LogP contribution in [0, 0.1) is 0 Å². The molecule has 20 heavy (non-hydrogen) atoms. The number of anilines is 1. The predicted octanol–water partition coefficient (Wildman–Crippen LogP) is 2.68. The molecule has 102 valence electrons. The molecule has 2 heterocycles. The lowest BCUT2D eigenvalue weighted by Gasteiger charge is -2.05. The maximum atomic E-state index is 5.74. The smallest absolute Gasteiger partial charge is 0.177 e. The number of benzene rings is 1. The van der Waals surface area contributed by atoms with Crippen LogP contribution in [-0.4, -0.2) is 15.0 Å². The van der Waals surface area contributed by atoms with Crippen LogP contribution in [0.15, 0.2) is 36.5 Å². The van der Waals surface area contributed by atoms with Gasteiger partial charge < -0.3 is 15.5 Å². The molecule has 0 unspecified atom stereocenters. The molecule has 0 aliphatic carbocycles. The molecule has 0 radical (unpaired) electrons. The van der Waals surface area contributed by atoms with E-state index < -0.39 is 0 Å². The SMILES string of the molecule is CCc1cccc(OCc2nc3ncc(N)cc3[nH]2)c1. The summed E-state index contributed by atoms with van der Waals surface area (Å²) in [6.07, 6.45) is 2.59. The van der Waals surface area contributed by atoms with Crippen LogP contribution in [0.5, 0.6) is 5.75 Å². The van der Waals surface area contributed by atoms with Gasteiger partial charge in [-0.3, -0.25) is 0 Å². The number of rotatable bonds is 4. The van der Waals surface area contributed by atoms with Crippen molar-refractivity contribution in [3.8, 4) is 5.75 Å². The molecule has 5 heteroatoms. The third kappa shape index (κ3) is 2.56. The Bertz CT molecular complexity index is 736. The number of hydrogen-bond acceptors (Lipinski definition) is 4. The Hall–Kier alpha value is -2.56. The van der Waals surface area contributed by atoms with Crippen LogP contribution in [-0.2, 0) is 13.0 Å². The average molecular weight is 268 g/mol. The zero-order chi connectivity index (χ0) is 13.9. The lowest BCUT2D eigenvalue weighted by atomic mass is 10.2. The fourth-order valence-electron chi connectivity index (χ4n) is 2.04. The highest BCUT2D eigenvalue weighted by Gasteiger charge is 2.05. The Balaban J connectivity index is 1.76. The van der Waals surface area contributed by atoms with Gasteiger partial charge in [0.1, 0.15) is 18.2 Å². The van der Waals surface area contributed by atoms with Crippen molar-refractivity contribution in [1.29, 1.82) is 0 Å². The maximum absolute atomic E-state index is 5.74. The molecule has 0 amide bonds. The van der Waals surface area contributed by atoms with Crippen LogP contribution in [0.2, 0.25) is 0 Å². The van der Waals surface area contributed by atoms with Gasteiger partial charge >= 0.3 is 0 Å². The summed E-state index contributed by atoms with van der Waals surface area (Å²) in [6.45, 7) is 2.50. The monoisotopic (exact) mass is 268 g/mol. The van der Waals surface area contributed by atoms with Gasteiger partial charge in [0, 0.05) is 0 Å². The second-order valence-corrected chi connectivity index (χ2v) is 4.61. The zero-order valence-corrected chi connectivity index (χ0v) is 11.3. The van der Waals surface area contributed by atoms with E-state index in [2.05, 4.69) is 27.9 Å². The zero-order valence-electron chi connectivity index (χ0n) is 11.3. The minimum Gasteiger partial charge on any atom is -0.486 e. The van der Waals surface area contributed by atoms with Crippen molar-refractivity contribution < 1.29 is 4.74 Å². The predicted molar refractivity (Wildman–Crippen MR) is 78.5 cm³/mol. The van der Waals surface area contributed by atoms with E-state index in [0.717, 1.165) is 23.5 Å². The van der Waals surface area contributed by atoms with Crippen molar-refractivity contribution in [2.75, 3.05) is 5.73 Å². The highest BCUT2D eigenvalue weighted by molar-refractivity contribution is 5.73. The topological polar surface area (TPSA) is 76.8 Å². The van der Waals surface area contributed by atoms with Gasteiger partial charge in [-0.1, -0.05) is 19.1 Å². The van der Waals surface area contributed by atoms with Gasteiger partial charge in [-0.25, -0.2) is 9.97 Å². The number of aromatic amines is 1. The van der Waals surface area contributed by atoms with Crippen molar-refractivity contribution in [3.05, 3.63) is 47.9 Å². The van der Waals surface area contributed by atoms with Gasteiger partial charge in [0.25, 0.3) is 0 Å². The Morgan fingerprint density at radius 3 is 3.05 bits per heavy atom. The van der Waals surface area contributed by atoms with Crippen LogP contribution in [0.4, 0.5) is 5.69 Å². The Labute approximate surface area is 116 Å². The van der Waals surface area contributed by atoms with Gasteiger partial charge in [-0.05, 0) is 30.2 Å². The summed E-state index contributed by atoms with van der Waals surface area (Å²) in [4.78, 5) is 11.7. The lowest BCUT2D eigenvalue weighted by Crippen LogP contribution is -1.97. The molecule has 3 N–H and O–H groups in total. The minimum atomic E-state index is 0.378. The molecule has 0 spiro atoms. The molecule has 3 aromatic rings. The van der Waals surface area contributed by atoms with E-state index in [1.807, 2.05) is 24.3 Å². The lowest BCUT2D eigenvalue weighted by molar-refractivity contribution is 0.297. The van der Waals surface area contributed by atoms with Crippen molar-refractivity contribution in [1.82, 2.24) is 15.0 Å². The third-order valence-electron chi connectivity index (χ3n) is 3.09. The van der Waals surface area contributed by atoms with Gasteiger partial charge in [-0.15, -0.1) is 0 Å². The number of H-pyrrole nitrogens is 1. The fourth-order valence-corrected chi connectivity index (χ4v) is 2.04. The second-order valence-electron chi connectivity index (χ2n) is 4.61. The molecule has 0 aliphatic rings. The third-order valence-corrected chi connectivity index (χ3v) is 3.09. The first-order valence-corrected chi connectivity index (χ1v) is 6.56. The molecule has 5 nitrogen and oxygen atoms in total. The quantitative estimate of drug-likeness (QED) is 0.762. The Morgan fingerprint density at radius 1 is 1.30 bits per heavy atom. The number of fused-ring (bicyclic) bond motifs is 1. The summed E-state index contributed by atoms with van der Waals surface area (Å²) in [5.74, 6) is 1.58. The first kappa shape index (κ1) is 12.5. The van der Waals surface area contributed by atoms with E-state index >= 15 is 0 Å². The van der Waals surface area contributed by atoms with Crippen LogP contribution in [0.3, 0.4) is 0 Å². The molecule has 0 aliphatic heterocycles. The van der Waals surface area contributed by atoms with Crippen LogP contribution in [0.25, 0.3) is 11.2 Å². The second kappa shape index (κ2) is 5.21. The summed E-state index contributed by atoms with van der Waals surface area (Å²) in [5, 5.41) is 0. The maximum Gasteiger partial charge on any atom is 0.177 e. The van der Waals surface area contributed by atoms with Gasteiger partial charge in [0.05, 0.1) is 17.4 Å². The van der Waals surface area contributed by atoms with Crippen molar-refractivity contribution >= 4 is 16.9 Å². The number of aromatic nitrogens is 3. The molecule has 1 aromatic carbocycles. The molecule has 2 aromatic heterocycles. The first-order chi connectivity index (χ1) is 9.74. The number of ether oxygens (including phenoxy) is 1. The highest BCUT2D eigenvalue weighted by atomic mass is 16.5. The van der Waals surface area contributed by atoms with Gasteiger partial charge in [0.2, 0.25) is 0 Å². The van der Waals surface area contributed by atoms with Gasteiger partial charge in [0.15, 0.2) is 5.65 Å². The largest absolute Gasteiger partial charge is 0.486 e. The van der Waals surface area contributed by atoms with Crippen molar-refractivity contribution in [2.24, 2.45) is 0 Å². The number of pyridine rings is 1. The van der Waals surface area contributed by atoms with Gasteiger partial charge in [-0.2, -0.15) is 0 Å². The molecule has 3 rings (SSSR count). The van der Waals surface area contributed by atoms with E-state index in [4.69, 9.17) is 10.5 Å². The van der Waals surface area contributed by atoms with Crippen LogP contribution < -0.4 is 10.5 Å². The number of nitrogens with two attached hydrogens (primary N) is 1. The number of nitrogens with one attached hydrogen (secondary N) is 1.